The first kappa shape index (κ1) is 16.1. The van der Waals surface area contributed by atoms with Crippen LogP contribution >= 0.6 is 0 Å². The molecule has 0 aromatic carbocycles. The van der Waals surface area contributed by atoms with Gasteiger partial charge in [0.05, 0.1) is 12.7 Å². The summed E-state index contributed by atoms with van der Waals surface area (Å²) in [6.45, 7) is 8.45. The van der Waals surface area contributed by atoms with Crippen LogP contribution in [0, 0.1) is 28.1 Å². The Morgan fingerprint density at radius 1 is 0.833 bits per heavy atom. The third-order valence-electron chi connectivity index (χ3n) is 9.95. The second-order valence-electron chi connectivity index (χ2n) is 10.6. The predicted molar refractivity (Wildman–Crippen MR) is 95.6 cm³/mol. The number of hydrogen-bond acceptors (Lipinski definition) is 2. The maximum atomic E-state index is 7.15. The molecule has 0 aromatic heterocycles. The highest BCUT2D eigenvalue weighted by Crippen LogP contribution is 2.69. The van der Waals surface area contributed by atoms with E-state index in [-0.39, 0.29) is 5.79 Å². The van der Waals surface area contributed by atoms with Crippen LogP contribution in [0.2, 0.25) is 0 Å². The number of ether oxygens (including phenoxy) is 2. The smallest absolute Gasteiger partial charge is 0.174 e. The molecule has 2 nitrogen and oxygen atoms in total. The quantitative estimate of drug-likeness (QED) is 0.660. The van der Waals surface area contributed by atoms with Crippen LogP contribution in [0.3, 0.4) is 0 Å². The minimum Gasteiger partial charge on any atom is -0.349 e. The molecule has 24 heavy (non-hydrogen) atoms. The van der Waals surface area contributed by atoms with Crippen LogP contribution in [-0.4, -0.2) is 18.5 Å². The number of fused-ring (bicyclic) bond motifs is 3. The fourth-order valence-electron chi connectivity index (χ4n) is 7.95. The van der Waals surface area contributed by atoms with Crippen LogP contribution < -0.4 is 0 Å². The Kier molecular flexibility index (Phi) is 3.36. The van der Waals surface area contributed by atoms with Gasteiger partial charge in [-0.05, 0) is 74.0 Å². The van der Waals surface area contributed by atoms with Crippen molar-refractivity contribution in [2.75, 3.05) is 6.61 Å². The number of rotatable bonds is 3. The van der Waals surface area contributed by atoms with Crippen molar-refractivity contribution in [1.82, 2.24) is 0 Å². The first-order chi connectivity index (χ1) is 11.4. The third kappa shape index (κ3) is 1.76. The molecule has 5 rings (SSSR count). The molecular formula is C22H36O2. The van der Waals surface area contributed by atoms with Crippen LogP contribution in [0.15, 0.2) is 0 Å². The first-order valence-electron chi connectivity index (χ1n) is 10.8. The highest BCUT2D eigenvalue weighted by atomic mass is 16.7. The van der Waals surface area contributed by atoms with E-state index in [1.54, 1.807) is 0 Å². The second-order valence-corrected chi connectivity index (χ2v) is 10.6. The van der Waals surface area contributed by atoms with Crippen molar-refractivity contribution in [3.05, 3.63) is 0 Å². The molecule has 0 spiro atoms. The second kappa shape index (κ2) is 5.00. The SMILES string of the molecule is CC1(C)C2CCC1(C)C(OC13CCCC1(C1CCCC1)CCO3)C2. The zero-order chi connectivity index (χ0) is 16.6. The van der Waals surface area contributed by atoms with Gasteiger partial charge in [0.25, 0.3) is 0 Å². The van der Waals surface area contributed by atoms with Crippen molar-refractivity contribution >= 4 is 0 Å². The summed E-state index contributed by atoms with van der Waals surface area (Å²) in [6, 6.07) is 0. The average molecular weight is 333 g/mol. The van der Waals surface area contributed by atoms with Gasteiger partial charge in [0.15, 0.2) is 5.79 Å². The topological polar surface area (TPSA) is 18.5 Å². The summed E-state index contributed by atoms with van der Waals surface area (Å²) < 4.78 is 13.7. The van der Waals surface area contributed by atoms with Crippen LogP contribution in [-0.2, 0) is 9.47 Å². The minimum absolute atomic E-state index is 0.226. The van der Waals surface area contributed by atoms with E-state index in [2.05, 4.69) is 20.8 Å². The lowest BCUT2D eigenvalue weighted by Crippen LogP contribution is -2.52. The maximum Gasteiger partial charge on any atom is 0.174 e. The summed E-state index contributed by atoms with van der Waals surface area (Å²) in [7, 11) is 0. The lowest BCUT2D eigenvalue weighted by atomic mass is 9.67. The van der Waals surface area contributed by atoms with Gasteiger partial charge < -0.3 is 9.47 Å². The highest BCUT2D eigenvalue weighted by molar-refractivity contribution is 5.14. The molecule has 136 valence electrons. The van der Waals surface area contributed by atoms with Gasteiger partial charge in [-0.15, -0.1) is 0 Å². The molecule has 4 saturated carbocycles. The maximum absolute atomic E-state index is 7.15. The molecule has 0 aromatic rings. The summed E-state index contributed by atoms with van der Waals surface area (Å²) in [5.74, 6) is 1.49. The van der Waals surface area contributed by atoms with E-state index in [1.807, 2.05) is 0 Å². The van der Waals surface area contributed by atoms with E-state index in [9.17, 15) is 0 Å². The molecule has 5 aliphatic rings. The standard InChI is InChI=1S/C22H36O2/c1-19(2)17-9-12-20(19,3)18(15-17)24-22-11-6-10-21(22,13-14-23-22)16-7-4-5-8-16/h16-18H,4-15H2,1-3H3. The largest absolute Gasteiger partial charge is 0.349 e. The molecule has 0 radical (unpaired) electrons. The van der Waals surface area contributed by atoms with Gasteiger partial charge in [-0.1, -0.05) is 33.6 Å². The van der Waals surface area contributed by atoms with Gasteiger partial charge in [-0.3, -0.25) is 0 Å². The van der Waals surface area contributed by atoms with E-state index in [0.717, 1.165) is 24.9 Å². The Morgan fingerprint density at radius 3 is 2.29 bits per heavy atom. The van der Waals surface area contributed by atoms with Crippen molar-refractivity contribution in [2.45, 2.75) is 103 Å². The van der Waals surface area contributed by atoms with Gasteiger partial charge in [0.2, 0.25) is 0 Å². The molecule has 1 heterocycles. The molecule has 5 atom stereocenters. The molecule has 5 unspecified atom stereocenters. The van der Waals surface area contributed by atoms with Gasteiger partial charge in [-0.2, -0.15) is 0 Å². The van der Waals surface area contributed by atoms with Crippen LogP contribution in [0.4, 0.5) is 0 Å². The molecule has 2 bridgehead atoms. The fraction of sp³-hybridized carbons (Fsp3) is 1.00. The Morgan fingerprint density at radius 2 is 1.62 bits per heavy atom. The van der Waals surface area contributed by atoms with E-state index < -0.39 is 0 Å². The fourth-order valence-corrected chi connectivity index (χ4v) is 7.95. The highest BCUT2D eigenvalue weighted by Gasteiger charge is 2.68. The summed E-state index contributed by atoms with van der Waals surface area (Å²) in [4.78, 5) is 0. The summed E-state index contributed by atoms with van der Waals surface area (Å²) in [6.07, 6.45) is 15.2. The van der Waals surface area contributed by atoms with Crippen molar-refractivity contribution in [2.24, 2.45) is 28.1 Å². The molecular weight excluding hydrogens is 296 g/mol. The van der Waals surface area contributed by atoms with Crippen molar-refractivity contribution in [1.29, 1.82) is 0 Å². The Balaban J connectivity index is 1.46. The summed E-state index contributed by atoms with van der Waals surface area (Å²) in [5.41, 5.74) is 1.13. The van der Waals surface area contributed by atoms with Gasteiger partial charge in [-0.25, -0.2) is 0 Å². The molecule has 0 N–H and O–H groups in total. The summed E-state index contributed by atoms with van der Waals surface area (Å²) >= 11 is 0. The van der Waals surface area contributed by atoms with Crippen LogP contribution in [0.5, 0.6) is 0 Å². The molecule has 2 heteroatoms. The number of hydrogen-bond donors (Lipinski definition) is 0. The van der Waals surface area contributed by atoms with Crippen molar-refractivity contribution in [3.8, 4) is 0 Å². The molecule has 4 aliphatic carbocycles. The normalized spacial score (nSPS) is 53.1. The molecule has 1 aliphatic heterocycles. The van der Waals surface area contributed by atoms with Crippen LogP contribution in [0.1, 0.15) is 91.4 Å². The first-order valence-corrected chi connectivity index (χ1v) is 10.8. The lowest BCUT2D eigenvalue weighted by Gasteiger charge is -2.48. The molecule has 0 amide bonds. The molecule has 1 saturated heterocycles. The van der Waals surface area contributed by atoms with Gasteiger partial charge in [0, 0.05) is 11.8 Å². The van der Waals surface area contributed by atoms with E-state index in [4.69, 9.17) is 9.47 Å². The Labute approximate surface area is 148 Å². The Hall–Kier alpha value is -0.0800. The van der Waals surface area contributed by atoms with Crippen molar-refractivity contribution in [3.63, 3.8) is 0 Å². The minimum atomic E-state index is -0.226. The average Bonchev–Trinajstić information content (AvgIpc) is 3.28. The Bertz CT molecular complexity index is 508. The van der Waals surface area contributed by atoms with Gasteiger partial charge in [0.1, 0.15) is 0 Å². The van der Waals surface area contributed by atoms with E-state index >= 15 is 0 Å². The van der Waals surface area contributed by atoms with E-state index in [1.165, 1.54) is 64.2 Å². The molecule has 5 fully saturated rings. The van der Waals surface area contributed by atoms with Gasteiger partial charge >= 0.3 is 0 Å². The zero-order valence-electron chi connectivity index (χ0n) is 16.0. The van der Waals surface area contributed by atoms with Crippen molar-refractivity contribution < 1.29 is 9.47 Å². The lowest BCUT2D eigenvalue weighted by molar-refractivity contribution is -0.294. The monoisotopic (exact) mass is 332 g/mol. The third-order valence-corrected chi connectivity index (χ3v) is 9.95. The predicted octanol–water partition coefficient (Wildman–Crippen LogP) is 5.69. The zero-order valence-corrected chi connectivity index (χ0v) is 16.0. The summed E-state index contributed by atoms with van der Waals surface area (Å²) in [5, 5.41) is 0. The van der Waals surface area contributed by atoms with Crippen LogP contribution in [0.25, 0.3) is 0 Å². The van der Waals surface area contributed by atoms with E-state index in [0.29, 0.717) is 22.3 Å².